The van der Waals surface area contributed by atoms with Gasteiger partial charge in [0.05, 0.1) is 0 Å². The van der Waals surface area contributed by atoms with E-state index in [0.717, 1.165) is 5.00 Å². The monoisotopic (exact) mass is 154 g/mol. The van der Waals surface area contributed by atoms with E-state index in [-0.39, 0.29) is 0 Å². The van der Waals surface area contributed by atoms with E-state index in [1.165, 1.54) is 11.5 Å². The summed E-state index contributed by atoms with van der Waals surface area (Å²) in [6, 6.07) is 1.95. The summed E-state index contributed by atoms with van der Waals surface area (Å²) < 4.78 is 3.64. The van der Waals surface area contributed by atoms with E-state index in [2.05, 4.69) is 9.59 Å². The standard InChI is InChI=1S/C5H6N4S/c1-9(2)5-4(3-6)7-8-10-5/h1-2H3. The quantitative estimate of drug-likeness (QED) is 0.590. The van der Waals surface area contributed by atoms with Crippen molar-refractivity contribution < 1.29 is 0 Å². The summed E-state index contributed by atoms with van der Waals surface area (Å²) in [5, 5.41) is 12.9. The van der Waals surface area contributed by atoms with Crippen LogP contribution in [0.15, 0.2) is 0 Å². The molecule has 0 saturated heterocycles. The van der Waals surface area contributed by atoms with E-state index in [1.807, 2.05) is 25.1 Å². The minimum atomic E-state index is 0.398. The van der Waals surface area contributed by atoms with Crippen LogP contribution in [0.4, 0.5) is 5.00 Å². The molecule has 5 heteroatoms. The number of anilines is 1. The Balaban J connectivity index is 3.05. The summed E-state index contributed by atoms with van der Waals surface area (Å²) in [6.45, 7) is 0. The number of rotatable bonds is 1. The Kier molecular flexibility index (Phi) is 1.83. The Labute approximate surface area is 62.9 Å². The first-order valence-corrected chi connectivity index (χ1v) is 3.43. The second-order valence-electron chi connectivity index (χ2n) is 1.93. The maximum Gasteiger partial charge on any atom is 0.199 e. The van der Waals surface area contributed by atoms with Gasteiger partial charge in [-0.15, -0.1) is 5.10 Å². The van der Waals surface area contributed by atoms with E-state index in [4.69, 9.17) is 5.26 Å². The largest absolute Gasteiger partial charge is 0.366 e. The smallest absolute Gasteiger partial charge is 0.199 e. The summed E-state index contributed by atoms with van der Waals surface area (Å²) >= 11 is 1.22. The van der Waals surface area contributed by atoms with Crippen LogP contribution in [0.1, 0.15) is 5.69 Å². The van der Waals surface area contributed by atoms with E-state index >= 15 is 0 Å². The van der Waals surface area contributed by atoms with E-state index in [1.54, 1.807) is 0 Å². The molecule has 0 N–H and O–H groups in total. The van der Waals surface area contributed by atoms with Gasteiger partial charge in [0.15, 0.2) is 10.7 Å². The molecule has 0 radical (unpaired) electrons. The van der Waals surface area contributed by atoms with Crippen molar-refractivity contribution in [3.05, 3.63) is 5.69 Å². The summed E-state index contributed by atoms with van der Waals surface area (Å²) in [5.74, 6) is 0. The summed E-state index contributed by atoms with van der Waals surface area (Å²) in [6.07, 6.45) is 0. The highest BCUT2D eigenvalue weighted by atomic mass is 32.1. The first-order valence-electron chi connectivity index (χ1n) is 2.65. The summed E-state index contributed by atoms with van der Waals surface area (Å²) in [7, 11) is 3.71. The molecule has 1 heterocycles. The fourth-order valence-corrected chi connectivity index (χ4v) is 1.09. The molecule has 0 saturated carbocycles. The van der Waals surface area contributed by atoms with Gasteiger partial charge in [-0.25, -0.2) is 0 Å². The molecule has 10 heavy (non-hydrogen) atoms. The van der Waals surface area contributed by atoms with Crippen molar-refractivity contribution in [2.75, 3.05) is 19.0 Å². The number of nitrogens with zero attached hydrogens (tertiary/aromatic N) is 4. The number of hydrogen-bond donors (Lipinski definition) is 0. The molecule has 1 aromatic heterocycles. The second kappa shape index (κ2) is 2.62. The molecule has 0 spiro atoms. The van der Waals surface area contributed by atoms with Crippen molar-refractivity contribution in [1.82, 2.24) is 9.59 Å². The molecule has 0 fully saturated rings. The number of hydrogen-bond acceptors (Lipinski definition) is 5. The topological polar surface area (TPSA) is 52.8 Å². The fourth-order valence-electron chi connectivity index (χ4n) is 0.550. The van der Waals surface area contributed by atoms with Crippen LogP contribution in [0.5, 0.6) is 0 Å². The van der Waals surface area contributed by atoms with Crippen LogP contribution in [0, 0.1) is 11.3 Å². The maximum absolute atomic E-state index is 8.48. The van der Waals surface area contributed by atoms with Gasteiger partial charge in [0.25, 0.3) is 0 Å². The third-order valence-corrected chi connectivity index (χ3v) is 1.88. The second-order valence-corrected chi connectivity index (χ2v) is 2.67. The zero-order valence-corrected chi connectivity index (χ0v) is 6.51. The van der Waals surface area contributed by atoms with Gasteiger partial charge < -0.3 is 4.90 Å². The Morgan fingerprint density at radius 1 is 1.60 bits per heavy atom. The maximum atomic E-state index is 8.48. The molecular formula is C5H6N4S. The van der Waals surface area contributed by atoms with Crippen LogP contribution in [0.25, 0.3) is 0 Å². The van der Waals surface area contributed by atoms with Crippen LogP contribution < -0.4 is 4.90 Å². The molecule has 1 aromatic rings. The molecule has 0 unspecified atom stereocenters. The van der Waals surface area contributed by atoms with E-state index < -0.39 is 0 Å². The lowest BCUT2D eigenvalue weighted by molar-refractivity contribution is 1.09. The first-order chi connectivity index (χ1) is 4.75. The molecule has 0 aliphatic rings. The van der Waals surface area contributed by atoms with Crippen LogP contribution in [0.2, 0.25) is 0 Å². The van der Waals surface area contributed by atoms with Gasteiger partial charge in [-0.2, -0.15) is 5.26 Å². The first kappa shape index (κ1) is 6.96. The summed E-state index contributed by atoms with van der Waals surface area (Å²) in [4.78, 5) is 1.82. The average Bonchev–Trinajstić information content (AvgIpc) is 2.33. The molecule has 0 aliphatic carbocycles. The third-order valence-electron chi connectivity index (χ3n) is 0.983. The Morgan fingerprint density at radius 3 is 2.70 bits per heavy atom. The lowest BCUT2D eigenvalue weighted by atomic mass is 10.5. The van der Waals surface area contributed by atoms with Gasteiger partial charge in [-0.3, -0.25) is 0 Å². The predicted molar refractivity (Wildman–Crippen MR) is 39.0 cm³/mol. The van der Waals surface area contributed by atoms with Crippen molar-refractivity contribution in [3.8, 4) is 6.07 Å². The molecule has 0 aliphatic heterocycles. The number of nitriles is 1. The summed E-state index contributed by atoms with van der Waals surface area (Å²) in [5.41, 5.74) is 0.398. The minimum absolute atomic E-state index is 0.398. The molecule has 1 rings (SSSR count). The van der Waals surface area contributed by atoms with Crippen LogP contribution in [-0.2, 0) is 0 Å². The Bertz CT molecular complexity index is 259. The molecule has 52 valence electrons. The average molecular weight is 154 g/mol. The zero-order valence-electron chi connectivity index (χ0n) is 5.70. The number of aromatic nitrogens is 2. The molecule has 0 bridgehead atoms. The third kappa shape index (κ3) is 1.06. The van der Waals surface area contributed by atoms with Crippen molar-refractivity contribution in [2.24, 2.45) is 0 Å². The van der Waals surface area contributed by atoms with Gasteiger partial charge in [0.1, 0.15) is 6.07 Å². The van der Waals surface area contributed by atoms with Gasteiger partial charge in [0.2, 0.25) is 0 Å². The normalized spacial score (nSPS) is 8.90. The van der Waals surface area contributed by atoms with E-state index in [9.17, 15) is 0 Å². The highest BCUT2D eigenvalue weighted by Gasteiger charge is 2.07. The molecule has 0 amide bonds. The fraction of sp³-hybridized carbons (Fsp3) is 0.400. The van der Waals surface area contributed by atoms with Gasteiger partial charge in [-0.05, 0) is 0 Å². The Morgan fingerprint density at radius 2 is 2.30 bits per heavy atom. The van der Waals surface area contributed by atoms with Crippen molar-refractivity contribution in [1.29, 1.82) is 5.26 Å². The minimum Gasteiger partial charge on any atom is -0.366 e. The lowest BCUT2D eigenvalue weighted by Gasteiger charge is -2.05. The van der Waals surface area contributed by atoms with Gasteiger partial charge in [0, 0.05) is 25.6 Å². The molecule has 0 aromatic carbocycles. The van der Waals surface area contributed by atoms with Crippen LogP contribution in [0.3, 0.4) is 0 Å². The highest BCUT2D eigenvalue weighted by molar-refractivity contribution is 7.10. The lowest BCUT2D eigenvalue weighted by Crippen LogP contribution is -2.07. The highest BCUT2D eigenvalue weighted by Crippen LogP contribution is 2.18. The van der Waals surface area contributed by atoms with Crippen LogP contribution in [-0.4, -0.2) is 23.7 Å². The zero-order chi connectivity index (χ0) is 7.56. The SMILES string of the molecule is CN(C)c1snnc1C#N. The van der Waals surface area contributed by atoms with Crippen molar-refractivity contribution in [3.63, 3.8) is 0 Å². The Hall–Kier alpha value is -1.15. The molecular weight excluding hydrogens is 148 g/mol. The van der Waals surface area contributed by atoms with Crippen LogP contribution >= 0.6 is 11.5 Å². The molecule has 4 nitrogen and oxygen atoms in total. The van der Waals surface area contributed by atoms with Gasteiger partial charge >= 0.3 is 0 Å². The predicted octanol–water partition coefficient (Wildman–Crippen LogP) is 0.476. The van der Waals surface area contributed by atoms with E-state index in [0.29, 0.717) is 5.69 Å². The van der Waals surface area contributed by atoms with Crippen molar-refractivity contribution >= 4 is 16.5 Å². The van der Waals surface area contributed by atoms with Crippen molar-refractivity contribution in [2.45, 2.75) is 0 Å². The van der Waals surface area contributed by atoms with Gasteiger partial charge in [-0.1, -0.05) is 4.49 Å². The molecule has 0 atom stereocenters.